The summed E-state index contributed by atoms with van der Waals surface area (Å²) in [5.41, 5.74) is 0. The number of hydrogen-bond donors (Lipinski definition) is 2. The maximum absolute atomic E-state index is 12.1. The number of rotatable bonds is 6. The lowest BCUT2D eigenvalue weighted by atomic mass is 9.98. The highest BCUT2D eigenvalue weighted by atomic mass is 16.5. The van der Waals surface area contributed by atoms with E-state index in [4.69, 9.17) is 4.52 Å². The number of aromatic nitrogens is 2. The quantitative estimate of drug-likeness (QED) is 0.815. The van der Waals surface area contributed by atoms with Crippen LogP contribution in [0.2, 0.25) is 0 Å². The standard InChI is InChI=1S/C17H29N5O2/c1-12(2)17-20-15(21-24-17)11-22-8-4-5-13(10-22)9-19-16(23)14-6-3-7-18-14/h12-14,18H,3-11H2,1-2H3,(H,19,23). The van der Waals surface area contributed by atoms with Crippen LogP contribution in [0.4, 0.5) is 0 Å². The van der Waals surface area contributed by atoms with Crippen molar-refractivity contribution in [3.05, 3.63) is 11.7 Å². The van der Waals surface area contributed by atoms with Crippen LogP contribution < -0.4 is 10.6 Å². The van der Waals surface area contributed by atoms with Crippen molar-refractivity contribution in [2.24, 2.45) is 5.92 Å². The first-order valence-electron chi connectivity index (χ1n) is 9.17. The molecule has 1 amide bonds. The van der Waals surface area contributed by atoms with Crippen LogP contribution in [-0.2, 0) is 11.3 Å². The van der Waals surface area contributed by atoms with Crippen molar-refractivity contribution in [1.82, 2.24) is 25.7 Å². The molecule has 2 aliphatic rings. The summed E-state index contributed by atoms with van der Waals surface area (Å²) in [7, 11) is 0. The molecule has 7 heteroatoms. The Morgan fingerprint density at radius 3 is 3.00 bits per heavy atom. The van der Waals surface area contributed by atoms with Gasteiger partial charge in [0.05, 0.1) is 12.6 Å². The van der Waals surface area contributed by atoms with E-state index in [0.29, 0.717) is 11.8 Å². The molecule has 0 saturated carbocycles. The minimum absolute atomic E-state index is 0.0125. The number of hydrogen-bond acceptors (Lipinski definition) is 6. The zero-order valence-corrected chi connectivity index (χ0v) is 14.8. The average molecular weight is 335 g/mol. The Kier molecular flexibility index (Phi) is 5.84. The molecule has 1 aromatic rings. The van der Waals surface area contributed by atoms with Crippen LogP contribution in [-0.4, -0.2) is 53.2 Å². The average Bonchev–Trinajstić information content (AvgIpc) is 3.24. The van der Waals surface area contributed by atoms with Crippen LogP contribution in [0.3, 0.4) is 0 Å². The van der Waals surface area contributed by atoms with Crippen molar-refractivity contribution in [2.45, 2.75) is 58.0 Å². The summed E-state index contributed by atoms with van der Waals surface area (Å²) in [5.74, 6) is 2.39. The number of piperidine rings is 1. The third-order valence-electron chi connectivity index (χ3n) is 4.89. The van der Waals surface area contributed by atoms with Crippen molar-refractivity contribution < 1.29 is 9.32 Å². The van der Waals surface area contributed by atoms with Crippen LogP contribution in [0.15, 0.2) is 4.52 Å². The van der Waals surface area contributed by atoms with Gasteiger partial charge in [0, 0.05) is 19.0 Å². The Labute approximate surface area is 143 Å². The van der Waals surface area contributed by atoms with Crippen molar-refractivity contribution >= 4 is 5.91 Å². The Morgan fingerprint density at radius 2 is 2.29 bits per heavy atom. The van der Waals surface area contributed by atoms with Gasteiger partial charge in [0.15, 0.2) is 5.82 Å². The number of carbonyl (C=O) groups is 1. The van der Waals surface area contributed by atoms with Gasteiger partial charge in [0.1, 0.15) is 0 Å². The molecule has 0 bridgehead atoms. The van der Waals surface area contributed by atoms with E-state index >= 15 is 0 Å². The molecule has 0 aromatic carbocycles. The molecule has 3 rings (SSSR count). The molecule has 24 heavy (non-hydrogen) atoms. The molecule has 3 heterocycles. The van der Waals surface area contributed by atoms with Gasteiger partial charge in [-0.25, -0.2) is 0 Å². The van der Waals surface area contributed by atoms with Gasteiger partial charge in [0.25, 0.3) is 0 Å². The third kappa shape index (κ3) is 4.54. The van der Waals surface area contributed by atoms with Crippen molar-refractivity contribution in [3.8, 4) is 0 Å². The first-order chi connectivity index (χ1) is 11.6. The van der Waals surface area contributed by atoms with E-state index in [1.54, 1.807) is 0 Å². The summed E-state index contributed by atoms with van der Waals surface area (Å²) in [6.45, 7) is 8.58. The van der Waals surface area contributed by atoms with Gasteiger partial charge in [-0.3, -0.25) is 9.69 Å². The molecular weight excluding hydrogens is 306 g/mol. The second-order valence-corrected chi connectivity index (χ2v) is 7.34. The molecule has 1 aromatic heterocycles. The maximum atomic E-state index is 12.1. The van der Waals surface area contributed by atoms with E-state index in [9.17, 15) is 4.79 Å². The first kappa shape index (κ1) is 17.4. The molecule has 0 radical (unpaired) electrons. The maximum Gasteiger partial charge on any atom is 0.237 e. The number of carbonyl (C=O) groups excluding carboxylic acids is 1. The van der Waals surface area contributed by atoms with Crippen LogP contribution in [0.5, 0.6) is 0 Å². The van der Waals surface area contributed by atoms with Gasteiger partial charge < -0.3 is 15.2 Å². The Bertz CT molecular complexity index is 539. The van der Waals surface area contributed by atoms with Crippen molar-refractivity contribution in [2.75, 3.05) is 26.2 Å². The lowest BCUT2D eigenvalue weighted by Gasteiger charge is -2.32. The zero-order chi connectivity index (χ0) is 16.9. The lowest BCUT2D eigenvalue weighted by Crippen LogP contribution is -2.45. The summed E-state index contributed by atoms with van der Waals surface area (Å²) in [6.07, 6.45) is 4.37. The number of nitrogens with one attached hydrogen (secondary N) is 2. The van der Waals surface area contributed by atoms with Crippen LogP contribution in [0, 0.1) is 5.92 Å². The van der Waals surface area contributed by atoms with Gasteiger partial charge in [0.2, 0.25) is 11.8 Å². The third-order valence-corrected chi connectivity index (χ3v) is 4.89. The second kappa shape index (κ2) is 8.07. The second-order valence-electron chi connectivity index (χ2n) is 7.34. The highest BCUT2D eigenvalue weighted by Gasteiger charge is 2.25. The zero-order valence-electron chi connectivity index (χ0n) is 14.8. The van der Waals surface area contributed by atoms with E-state index in [-0.39, 0.29) is 17.9 Å². The first-order valence-corrected chi connectivity index (χ1v) is 9.17. The van der Waals surface area contributed by atoms with Crippen LogP contribution in [0.1, 0.15) is 57.2 Å². The van der Waals surface area contributed by atoms with Gasteiger partial charge in [-0.05, 0) is 44.7 Å². The van der Waals surface area contributed by atoms with Gasteiger partial charge >= 0.3 is 0 Å². The molecule has 2 saturated heterocycles. The van der Waals surface area contributed by atoms with E-state index in [1.165, 1.54) is 6.42 Å². The predicted molar refractivity (Wildman–Crippen MR) is 90.4 cm³/mol. The summed E-state index contributed by atoms with van der Waals surface area (Å²) >= 11 is 0. The molecule has 2 N–H and O–H groups in total. The van der Waals surface area contributed by atoms with Crippen molar-refractivity contribution in [3.63, 3.8) is 0 Å². The Morgan fingerprint density at radius 1 is 1.42 bits per heavy atom. The fraction of sp³-hybridized carbons (Fsp3) is 0.824. The van der Waals surface area contributed by atoms with E-state index < -0.39 is 0 Å². The fourth-order valence-corrected chi connectivity index (χ4v) is 3.50. The SMILES string of the molecule is CC(C)c1nc(CN2CCCC(CNC(=O)C3CCCN3)C2)no1. The van der Waals surface area contributed by atoms with Crippen molar-refractivity contribution in [1.29, 1.82) is 0 Å². The summed E-state index contributed by atoms with van der Waals surface area (Å²) in [6, 6.07) is 0.0125. The van der Waals surface area contributed by atoms with E-state index in [0.717, 1.165) is 57.8 Å². The number of nitrogens with zero attached hydrogens (tertiary/aromatic N) is 3. The topological polar surface area (TPSA) is 83.3 Å². The molecular formula is C17H29N5O2. The summed E-state index contributed by atoms with van der Waals surface area (Å²) < 4.78 is 5.28. The van der Waals surface area contributed by atoms with Gasteiger partial charge in [-0.15, -0.1) is 0 Å². The van der Waals surface area contributed by atoms with E-state index in [2.05, 4.69) is 39.5 Å². The minimum atomic E-state index is 0.0125. The molecule has 2 aliphatic heterocycles. The lowest BCUT2D eigenvalue weighted by molar-refractivity contribution is -0.123. The molecule has 134 valence electrons. The molecule has 7 nitrogen and oxygen atoms in total. The molecule has 0 aliphatic carbocycles. The predicted octanol–water partition coefficient (Wildman–Crippen LogP) is 1.27. The highest BCUT2D eigenvalue weighted by molar-refractivity contribution is 5.81. The normalized spacial score (nSPS) is 25.3. The molecule has 0 spiro atoms. The summed E-state index contributed by atoms with van der Waals surface area (Å²) in [5, 5.41) is 10.4. The minimum Gasteiger partial charge on any atom is -0.354 e. The largest absolute Gasteiger partial charge is 0.354 e. The Balaban J connectivity index is 1.44. The molecule has 2 atom stereocenters. The highest BCUT2D eigenvalue weighted by Crippen LogP contribution is 2.18. The van der Waals surface area contributed by atoms with Gasteiger partial charge in [-0.2, -0.15) is 4.98 Å². The van der Waals surface area contributed by atoms with Crippen LogP contribution in [0.25, 0.3) is 0 Å². The number of likely N-dealkylation sites (tertiary alicyclic amines) is 1. The van der Waals surface area contributed by atoms with Crippen LogP contribution >= 0.6 is 0 Å². The summed E-state index contributed by atoms with van der Waals surface area (Å²) in [4.78, 5) is 18.9. The molecule has 2 fully saturated rings. The Hall–Kier alpha value is -1.47. The van der Waals surface area contributed by atoms with Gasteiger partial charge in [-0.1, -0.05) is 19.0 Å². The fourth-order valence-electron chi connectivity index (χ4n) is 3.50. The molecule has 2 unspecified atom stereocenters. The van der Waals surface area contributed by atoms with E-state index in [1.807, 2.05) is 0 Å². The smallest absolute Gasteiger partial charge is 0.237 e. The monoisotopic (exact) mass is 335 g/mol. The number of amides is 1.